The molecule has 2 aromatic carbocycles. The number of benzene rings is 2. The number of thiocarbonyl (C=S) groups is 1. The Labute approximate surface area is 202 Å². The van der Waals surface area contributed by atoms with Crippen LogP contribution in [0.15, 0.2) is 65.1 Å². The van der Waals surface area contributed by atoms with Gasteiger partial charge in [0.2, 0.25) is 5.13 Å². The Morgan fingerprint density at radius 2 is 2.00 bits per heavy atom. The molecule has 0 aliphatic heterocycles. The van der Waals surface area contributed by atoms with Gasteiger partial charge in [0.25, 0.3) is 11.6 Å². The first-order valence-electron chi connectivity index (χ1n) is 9.87. The molecule has 2 aromatic heterocycles. The monoisotopic (exact) mass is 495 g/mol. The molecule has 0 bridgehead atoms. The quantitative estimate of drug-likeness (QED) is 0.212. The summed E-state index contributed by atoms with van der Waals surface area (Å²) in [5.41, 5.74) is 1.41. The lowest BCUT2D eigenvalue weighted by atomic mass is 10.1. The Kier molecular flexibility index (Phi) is 6.90. The van der Waals surface area contributed by atoms with Crippen LogP contribution in [0.5, 0.6) is 5.75 Å². The molecule has 172 valence electrons. The van der Waals surface area contributed by atoms with Crippen molar-refractivity contribution in [3.8, 4) is 17.1 Å². The number of nitrogens with zero attached hydrogens (tertiary/aromatic N) is 3. The highest BCUT2D eigenvalue weighted by Crippen LogP contribution is 2.26. The first-order chi connectivity index (χ1) is 16.4. The molecule has 0 spiro atoms. The topological polar surface area (TPSA) is 132 Å². The smallest absolute Gasteiger partial charge is 0.293 e. The van der Waals surface area contributed by atoms with Gasteiger partial charge in [-0.05, 0) is 42.9 Å². The van der Waals surface area contributed by atoms with Crippen molar-refractivity contribution in [2.45, 2.75) is 13.5 Å². The average molecular weight is 496 g/mol. The van der Waals surface area contributed by atoms with E-state index in [1.165, 1.54) is 35.6 Å². The number of hydrogen-bond acceptors (Lipinski definition) is 9. The van der Waals surface area contributed by atoms with Crippen LogP contribution in [0.25, 0.3) is 11.3 Å². The predicted molar refractivity (Wildman–Crippen MR) is 130 cm³/mol. The molecule has 10 nitrogen and oxygen atoms in total. The minimum absolute atomic E-state index is 0.00441. The molecule has 2 N–H and O–H groups in total. The van der Waals surface area contributed by atoms with Crippen LogP contribution in [-0.4, -0.2) is 26.1 Å². The minimum Gasteiger partial charge on any atom is -0.486 e. The summed E-state index contributed by atoms with van der Waals surface area (Å²) in [5.74, 6) is 0.491. The van der Waals surface area contributed by atoms with Crippen molar-refractivity contribution in [1.29, 1.82) is 0 Å². The van der Waals surface area contributed by atoms with Crippen LogP contribution in [-0.2, 0) is 6.61 Å². The number of para-hydroxylation sites is 1. The molecule has 34 heavy (non-hydrogen) atoms. The molecule has 0 fully saturated rings. The van der Waals surface area contributed by atoms with E-state index < -0.39 is 10.8 Å². The number of carbonyl (C=O) groups is 1. The number of nitro benzene ring substituents is 1. The number of nitro groups is 1. The highest BCUT2D eigenvalue weighted by molar-refractivity contribution is 7.80. The molecule has 0 radical (unpaired) electrons. The highest BCUT2D eigenvalue weighted by atomic mass is 32.1. The van der Waals surface area contributed by atoms with Crippen LogP contribution < -0.4 is 15.4 Å². The first kappa shape index (κ1) is 23.0. The van der Waals surface area contributed by atoms with E-state index in [0.717, 1.165) is 11.3 Å². The third-order valence-electron chi connectivity index (χ3n) is 4.53. The second kappa shape index (κ2) is 10.2. The number of non-ortho nitro benzene ring substituents is 1. The second-order valence-corrected chi connectivity index (χ2v) is 8.41. The largest absolute Gasteiger partial charge is 0.486 e. The summed E-state index contributed by atoms with van der Waals surface area (Å²) >= 11 is 6.41. The fourth-order valence-corrected chi connectivity index (χ4v) is 3.81. The maximum Gasteiger partial charge on any atom is 0.293 e. The number of aromatic nitrogens is 2. The molecule has 4 aromatic rings. The number of ether oxygens (including phenoxy) is 1. The predicted octanol–water partition coefficient (Wildman–Crippen LogP) is 4.72. The van der Waals surface area contributed by atoms with Crippen LogP contribution in [0, 0.1) is 17.0 Å². The highest BCUT2D eigenvalue weighted by Gasteiger charge is 2.16. The van der Waals surface area contributed by atoms with Gasteiger partial charge in [-0.2, -0.15) is 0 Å². The van der Waals surface area contributed by atoms with Gasteiger partial charge in [0, 0.05) is 17.7 Å². The van der Waals surface area contributed by atoms with Crippen LogP contribution in [0.1, 0.15) is 21.1 Å². The number of anilines is 1. The summed E-state index contributed by atoms with van der Waals surface area (Å²) in [7, 11) is 0. The van der Waals surface area contributed by atoms with Crippen molar-refractivity contribution >= 4 is 45.4 Å². The van der Waals surface area contributed by atoms with E-state index in [4.69, 9.17) is 21.4 Å². The Hall–Kier alpha value is -4.16. The van der Waals surface area contributed by atoms with Crippen molar-refractivity contribution < 1.29 is 18.9 Å². The van der Waals surface area contributed by atoms with Crippen LogP contribution >= 0.6 is 23.6 Å². The van der Waals surface area contributed by atoms with E-state index in [2.05, 4.69) is 20.8 Å². The molecule has 12 heteroatoms. The van der Waals surface area contributed by atoms with Gasteiger partial charge >= 0.3 is 0 Å². The van der Waals surface area contributed by atoms with Gasteiger partial charge in [0.1, 0.15) is 18.1 Å². The number of aryl methyl sites for hydroxylation is 1. The van der Waals surface area contributed by atoms with Gasteiger partial charge in [0.15, 0.2) is 15.9 Å². The van der Waals surface area contributed by atoms with Gasteiger partial charge in [-0.15, -0.1) is 10.2 Å². The molecule has 4 rings (SSSR count). The van der Waals surface area contributed by atoms with Gasteiger partial charge in [-0.3, -0.25) is 20.2 Å². The number of amides is 1. The van der Waals surface area contributed by atoms with Crippen molar-refractivity contribution in [1.82, 2.24) is 15.5 Å². The third-order valence-corrected chi connectivity index (χ3v) is 5.55. The Bertz CT molecular complexity index is 1370. The number of furan rings is 1. The van der Waals surface area contributed by atoms with Crippen LogP contribution in [0.3, 0.4) is 0 Å². The Morgan fingerprint density at radius 1 is 1.18 bits per heavy atom. The maximum atomic E-state index is 12.5. The SMILES string of the molecule is Cc1ccccc1OCc1nnc(NC(=S)NC(=O)c2ccc(-c3cccc([N+](=O)[O-])c3)o2)s1. The van der Waals surface area contributed by atoms with Gasteiger partial charge in [-0.1, -0.05) is 41.7 Å². The second-order valence-electron chi connectivity index (χ2n) is 6.93. The third kappa shape index (κ3) is 5.60. The van der Waals surface area contributed by atoms with E-state index in [9.17, 15) is 14.9 Å². The molecule has 0 aliphatic rings. The van der Waals surface area contributed by atoms with E-state index in [-0.39, 0.29) is 23.2 Å². The summed E-state index contributed by atoms with van der Waals surface area (Å²) in [6, 6.07) is 16.6. The number of rotatable bonds is 7. The Morgan fingerprint density at radius 3 is 2.79 bits per heavy atom. The molecular formula is C22H17N5O5S2. The summed E-state index contributed by atoms with van der Waals surface area (Å²) in [4.78, 5) is 22.9. The lowest BCUT2D eigenvalue weighted by Gasteiger charge is -2.06. The van der Waals surface area contributed by atoms with Crippen LogP contribution in [0.2, 0.25) is 0 Å². The molecule has 1 amide bonds. The van der Waals surface area contributed by atoms with Crippen molar-refractivity contribution in [3.63, 3.8) is 0 Å². The molecular weight excluding hydrogens is 478 g/mol. The van der Waals surface area contributed by atoms with E-state index in [0.29, 0.717) is 21.5 Å². The number of nitrogens with one attached hydrogen (secondary N) is 2. The standard InChI is InChI=1S/C22H17N5O5S2/c1-13-5-2-3-8-16(13)31-12-19-25-26-22(34-19)24-21(33)23-20(28)18-10-9-17(32-18)14-6-4-7-15(11-14)27(29)30/h2-11H,12H2,1H3,(H2,23,24,26,28,33). The summed E-state index contributed by atoms with van der Waals surface area (Å²) in [6.45, 7) is 2.20. The zero-order valence-corrected chi connectivity index (χ0v) is 19.3. The number of carbonyl (C=O) groups excluding carboxylic acids is 1. The minimum atomic E-state index is -0.582. The van der Waals surface area contributed by atoms with Gasteiger partial charge in [-0.25, -0.2) is 0 Å². The van der Waals surface area contributed by atoms with Crippen molar-refractivity contribution in [3.05, 3.63) is 87.1 Å². The van der Waals surface area contributed by atoms with E-state index in [1.807, 2.05) is 31.2 Å². The summed E-state index contributed by atoms with van der Waals surface area (Å²) in [6.07, 6.45) is 0. The summed E-state index contributed by atoms with van der Waals surface area (Å²) in [5, 5.41) is 25.4. The normalized spacial score (nSPS) is 10.5. The van der Waals surface area contributed by atoms with Gasteiger partial charge in [0.05, 0.1) is 4.92 Å². The molecule has 0 unspecified atom stereocenters. The van der Waals surface area contributed by atoms with Crippen molar-refractivity contribution in [2.75, 3.05) is 5.32 Å². The molecule has 0 atom stereocenters. The van der Waals surface area contributed by atoms with Crippen molar-refractivity contribution in [2.24, 2.45) is 0 Å². The maximum absolute atomic E-state index is 12.5. The van der Waals surface area contributed by atoms with E-state index in [1.54, 1.807) is 12.1 Å². The molecule has 2 heterocycles. The zero-order chi connectivity index (χ0) is 24.1. The fourth-order valence-electron chi connectivity index (χ4n) is 2.90. The fraction of sp³-hybridized carbons (Fsp3) is 0.0909. The summed E-state index contributed by atoms with van der Waals surface area (Å²) < 4.78 is 11.3. The van der Waals surface area contributed by atoms with E-state index >= 15 is 0 Å². The molecule has 0 saturated heterocycles. The molecule has 0 saturated carbocycles. The Balaban J connectivity index is 1.32. The number of hydrogen-bond donors (Lipinski definition) is 2. The van der Waals surface area contributed by atoms with Gasteiger partial charge < -0.3 is 14.5 Å². The lowest BCUT2D eigenvalue weighted by molar-refractivity contribution is -0.384. The average Bonchev–Trinajstić information content (AvgIpc) is 3.48. The first-order valence-corrected chi connectivity index (χ1v) is 11.1. The molecule has 0 aliphatic carbocycles. The van der Waals surface area contributed by atoms with Crippen LogP contribution in [0.4, 0.5) is 10.8 Å². The zero-order valence-electron chi connectivity index (χ0n) is 17.7. The lowest BCUT2D eigenvalue weighted by Crippen LogP contribution is -2.33.